The van der Waals surface area contributed by atoms with Crippen LogP contribution in [0.1, 0.15) is 6.92 Å². The lowest BCUT2D eigenvalue weighted by atomic mass is 10.4. The van der Waals surface area contributed by atoms with Crippen LogP contribution in [-0.4, -0.2) is 22.7 Å². The van der Waals surface area contributed by atoms with Crippen LogP contribution in [0.15, 0.2) is 12.3 Å². The molecule has 0 amide bonds. The summed E-state index contributed by atoms with van der Waals surface area (Å²) in [6, 6.07) is 1.17. The maximum atomic E-state index is 13.0. The SMILES string of the molecule is CC(O)CNc1ncc(Cl)cc1F. The van der Waals surface area contributed by atoms with Crippen LogP contribution < -0.4 is 5.32 Å². The van der Waals surface area contributed by atoms with Crippen molar-refractivity contribution in [3.05, 3.63) is 23.1 Å². The molecule has 0 fully saturated rings. The van der Waals surface area contributed by atoms with Gasteiger partial charge < -0.3 is 10.4 Å². The molecule has 0 aliphatic carbocycles. The Labute approximate surface area is 80.6 Å². The molecule has 1 aromatic heterocycles. The van der Waals surface area contributed by atoms with Gasteiger partial charge in [-0.1, -0.05) is 11.6 Å². The highest BCUT2D eigenvalue weighted by atomic mass is 35.5. The van der Waals surface area contributed by atoms with Gasteiger partial charge in [0.2, 0.25) is 0 Å². The van der Waals surface area contributed by atoms with Crippen LogP contribution in [-0.2, 0) is 0 Å². The number of hydrogen-bond acceptors (Lipinski definition) is 3. The Kier molecular flexibility index (Phi) is 3.45. The van der Waals surface area contributed by atoms with Gasteiger partial charge in [0.05, 0.1) is 11.1 Å². The normalized spacial score (nSPS) is 12.6. The van der Waals surface area contributed by atoms with Gasteiger partial charge in [0.25, 0.3) is 0 Å². The molecule has 0 bridgehead atoms. The fourth-order valence-corrected chi connectivity index (χ4v) is 0.934. The number of pyridine rings is 1. The van der Waals surface area contributed by atoms with Crippen molar-refractivity contribution >= 4 is 17.4 Å². The molecule has 0 spiro atoms. The van der Waals surface area contributed by atoms with Gasteiger partial charge in [-0.05, 0) is 13.0 Å². The predicted molar refractivity (Wildman–Crippen MR) is 49.4 cm³/mol. The molecule has 0 saturated heterocycles. The summed E-state index contributed by atoms with van der Waals surface area (Å²) in [5.74, 6) is -0.418. The quantitative estimate of drug-likeness (QED) is 0.787. The lowest BCUT2D eigenvalue weighted by Crippen LogP contribution is -2.16. The van der Waals surface area contributed by atoms with Gasteiger partial charge in [0, 0.05) is 12.7 Å². The zero-order chi connectivity index (χ0) is 9.84. The molecule has 3 nitrogen and oxygen atoms in total. The molecule has 1 atom stereocenters. The number of aliphatic hydroxyl groups is 1. The van der Waals surface area contributed by atoms with E-state index >= 15 is 0 Å². The molecule has 1 heterocycles. The molecule has 0 saturated carbocycles. The van der Waals surface area contributed by atoms with Gasteiger partial charge >= 0.3 is 0 Å². The predicted octanol–water partition coefficient (Wildman–Crippen LogP) is 1.67. The second-order valence-corrected chi connectivity index (χ2v) is 3.15. The second kappa shape index (κ2) is 4.39. The Balaban J connectivity index is 2.67. The van der Waals surface area contributed by atoms with Crippen molar-refractivity contribution in [3.63, 3.8) is 0 Å². The summed E-state index contributed by atoms with van der Waals surface area (Å²) in [5, 5.41) is 11.8. The van der Waals surface area contributed by atoms with Crippen LogP contribution >= 0.6 is 11.6 Å². The van der Waals surface area contributed by atoms with Crippen molar-refractivity contribution < 1.29 is 9.50 Å². The molecule has 0 aliphatic heterocycles. The third-order valence-electron chi connectivity index (χ3n) is 1.37. The van der Waals surface area contributed by atoms with Crippen LogP contribution in [0, 0.1) is 5.82 Å². The minimum atomic E-state index is -0.545. The average molecular weight is 205 g/mol. The van der Waals surface area contributed by atoms with Crippen LogP contribution in [0.5, 0.6) is 0 Å². The number of halogens is 2. The summed E-state index contributed by atoms with van der Waals surface area (Å²) in [5.41, 5.74) is 0. The van der Waals surface area contributed by atoms with Crippen molar-refractivity contribution in [2.75, 3.05) is 11.9 Å². The maximum absolute atomic E-state index is 13.0. The topological polar surface area (TPSA) is 45.1 Å². The van der Waals surface area contributed by atoms with Crippen molar-refractivity contribution in [2.45, 2.75) is 13.0 Å². The van der Waals surface area contributed by atoms with Crippen LogP contribution in [0.25, 0.3) is 0 Å². The number of rotatable bonds is 3. The van der Waals surface area contributed by atoms with Crippen LogP contribution in [0.2, 0.25) is 5.02 Å². The van der Waals surface area contributed by atoms with Crippen LogP contribution in [0.4, 0.5) is 10.2 Å². The van der Waals surface area contributed by atoms with E-state index in [1.54, 1.807) is 6.92 Å². The van der Waals surface area contributed by atoms with Gasteiger partial charge in [-0.2, -0.15) is 0 Å². The molecular formula is C8H10ClFN2O. The van der Waals surface area contributed by atoms with E-state index < -0.39 is 11.9 Å². The van der Waals surface area contributed by atoms with Crippen LogP contribution in [0.3, 0.4) is 0 Å². The molecule has 5 heteroatoms. The van der Waals surface area contributed by atoms with Crippen molar-refractivity contribution in [1.29, 1.82) is 0 Å². The van der Waals surface area contributed by atoms with E-state index in [0.29, 0.717) is 0 Å². The maximum Gasteiger partial charge on any atom is 0.166 e. The highest BCUT2D eigenvalue weighted by Crippen LogP contribution is 2.15. The van der Waals surface area contributed by atoms with Gasteiger partial charge in [0.15, 0.2) is 11.6 Å². The summed E-state index contributed by atoms with van der Waals surface area (Å²) in [7, 11) is 0. The van der Waals surface area contributed by atoms with Gasteiger partial charge in [-0.15, -0.1) is 0 Å². The fourth-order valence-electron chi connectivity index (χ4n) is 0.789. The van der Waals surface area contributed by atoms with E-state index in [1.807, 2.05) is 0 Å². The summed E-state index contributed by atoms with van der Waals surface area (Å²) >= 11 is 5.50. The van der Waals surface area contributed by atoms with E-state index in [0.717, 1.165) is 0 Å². The lowest BCUT2D eigenvalue weighted by molar-refractivity contribution is 0.208. The molecule has 0 radical (unpaired) electrons. The standard InChI is InChI=1S/C8H10ClFN2O/c1-5(13)3-11-8-7(10)2-6(9)4-12-8/h2,4-5,13H,3H2,1H3,(H,11,12). The zero-order valence-electron chi connectivity index (χ0n) is 7.09. The van der Waals surface area contributed by atoms with E-state index in [-0.39, 0.29) is 17.4 Å². The summed E-state index contributed by atoms with van der Waals surface area (Å²) in [4.78, 5) is 3.72. The van der Waals surface area contributed by atoms with E-state index in [4.69, 9.17) is 16.7 Å². The zero-order valence-corrected chi connectivity index (χ0v) is 7.85. The first-order valence-electron chi connectivity index (χ1n) is 3.82. The molecule has 1 unspecified atom stereocenters. The summed E-state index contributed by atoms with van der Waals surface area (Å²) in [6.45, 7) is 1.85. The Hall–Kier alpha value is -0.870. The summed E-state index contributed by atoms with van der Waals surface area (Å²) < 4.78 is 13.0. The van der Waals surface area contributed by atoms with Gasteiger partial charge in [0.1, 0.15) is 0 Å². The summed E-state index contributed by atoms with van der Waals surface area (Å²) in [6.07, 6.45) is 0.798. The average Bonchev–Trinajstić information content (AvgIpc) is 2.02. The molecule has 0 aliphatic rings. The number of hydrogen-bond donors (Lipinski definition) is 2. The number of aromatic nitrogens is 1. The molecule has 2 N–H and O–H groups in total. The largest absolute Gasteiger partial charge is 0.392 e. The van der Waals surface area contributed by atoms with Crippen molar-refractivity contribution in [2.24, 2.45) is 0 Å². The van der Waals surface area contributed by atoms with E-state index in [9.17, 15) is 4.39 Å². The molecule has 13 heavy (non-hydrogen) atoms. The first kappa shape index (κ1) is 10.2. The number of nitrogens with zero attached hydrogens (tertiary/aromatic N) is 1. The highest BCUT2D eigenvalue weighted by molar-refractivity contribution is 6.30. The molecular weight excluding hydrogens is 195 g/mol. The molecule has 1 rings (SSSR count). The van der Waals surface area contributed by atoms with E-state index in [2.05, 4.69) is 10.3 Å². The smallest absolute Gasteiger partial charge is 0.166 e. The Morgan fingerprint density at radius 1 is 1.77 bits per heavy atom. The van der Waals surface area contributed by atoms with Crippen molar-refractivity contribution in [1.82, 2.24) is 4.98 Å². The molecule has 1 aromatic rings. The van der Waals surface area contributed by atoms with Gasteiger partial charge in [-0.3, -0.25) is 0 Å². The third-order valence-corrected chi connectivity index (χ3v) is 1.58. The Bertz CT molecular complexity index is 293. The monoisotopic (exact) mass is 204 g/mol. The Morgan fingerprint density at radius 2 is 2.46 bits per heavy atom. The molecule has 72 valence electrons. The molecule has 0 aromatic carbocycles. The third kappa shape index (κ3) is 3.16. The second-order valence-electron chi connectivity index (χ2n) is 2.71. The highest BCUT2D eigenvalue weighted by Gasteiger charge is 2.04. The number of nitrogens with one attached hydrogen (secondary N) is 1. The first-order valence-corrected chi connectivity index (χ1v) is 4.20. The Morgan fingerprint density at radius 3 is 3.00 bits per heavy atom. The minimum absolute atomic E-state index is 0.102. The first-order chi connectivity index (χ1) is 6.09. The minimum Gasteiger partial charge on any atom is -0.392 e. The van der Waals surface area contributed by atoms with Crippen molar-refractivity contribution in [3.8, 4) is 0 Å². The number of anilines is 1. The lowest BCUT2D eigenvalue weighted by Gasteiger charge is -2.07. The van der Waals surface area contributed by atoms with Gasteiger partial charge in [-0.25, -0.2) is 9.37 Å². The fraction of sp³-hybridized carbons (Fsp3) is 0.375. The van der Waals surface area contributed by atoms with E-state index in [1.165, 1.54) is 12.3 Å². The number of aliphatic hydroxyl groups excluding tert-OH is 1.